The molecule has 0 amide bonds. The molecule has 0 aromatic heterocycles. The molecule has 0 bridgehead atoms. The summed E-state index contributed by atoms with van der Waals surface area (Å²) in [7, 11) is 0. The molecule has 3 heteroatoms. The van der Waals surface area contributed by atoms with Crippen molar-refractivity contribution in [2.24, 2.45) is 0 Å². The summed E-state index contributed by atoms with van der Waals surface area (Å²) in [5, 5.41) is 8.39. The molecule has 0 rings (SSSR count). The van der Waals surface area contributed by atoms with Gasteiger partial charge in [-0.2, -0.15) is 0 Å². The Morgan fingerprint density at radius 3 is 2.60 bits per heavy atom. The second-order valence-electron chi connectivity index (χ2n) is 4.36. The SMILES string of the molecule is CCCC/C=C\C/C=C\CCOCC=C=CCC(=O)O. The van der Waals surface area contributed by atoms with E-state index < -0.39 is 5.97 Å². The van der Waals surface area contributed by atoms with Crippen LogP contribution in [0.25, 0.3) is 0 Å². The molecule has 0 radical (unpaired) electrons. The smallest absolute Gasteiger partial charge is 0.307 e. The van der Waals surface area contributed by atoms with Crippen LogP contribution >= 0.6 is 0 Å². The largest absolute Gasteiger partial charge is 0.481 e. The number of aliphatic carboxylic acids is 1. The first kappa shape index (κ1) is 18.4. The van der Waals surface area contributed by atoms with Crippen LogP contribution in [0.15, 0.2) is 42.2 Å². The zero-order valence-corrected chi connectivity index (χ0v) is 12.4. The Labute approximate surface area is 122 Å². The van der Waals surface area contributed by atoms with Crippen molar-refractivity contribution in [2.45, 2.75) is 45.4 Å². The Bertz CT molecular complexity index is 347. The van der Waals surface area contributed by atoms with Crippen molar-refractivity contribution in [3.63, 3.8) is 0 Å². The summed E-state index contributed by atoms with van der Waals surface area (Å²) < 4.78 is 5.35. The van der Waals surface area contributed by atoms with Gasteiger partial charge in [0, 0.05) is 0 Å². The van der Waals surface area contributed by atoms with E-state index in [1.165, 1.54) is 25.3 Å². The second kappa shape index (κ2) is 15.5. The average Bonchev–Trinajstić information content (AvgIpc) is 2.43. The third kappa shape index (κ3) is 16.4. The summed E-state index contributed by atoms with van der Waals surface area (Å²) >= 11 is 0. The van der Waals surface area contributed by atoms with Crippen molar-refractivity contribution >= 4 is 5.97 Å². The molecule has 0 heterocycles. The van der Waals surface area contributed by atoms with Gasteiger partial charge in [0.2, 0.25) is 0 Å². The van der Waals surface area contributed by atoms with E-state index in [1.54, 1.807) is 6.08 Å². The molecule has 0 atom stereocenters. The van der Waals surface area contributed by atoms with Gasteiger partial charge in [-0.05, 0) is 31.4 Å². The maximum absolute atomic E-state index is 10.2. The van der Waals surface area contributed by atoms with Gasteiger partial charge in [-0.1, -0.05) is 44.1 Å². The summed E-state index contributed by atoms with van der Waals surface area (Å²) in [6.45, 7) is 3.35. The highest BCUT2D eigenvalue weighted by atomic mass is 16.5. The summed E-state index contributed by atoms with van der Waals surface area (Å²) in [6, 6.07) is 0. The minimum Gasteiger partial charge on any atom is -0.481 e. The van der Waals surface area contributed by atoms with Crippen molar-refractivity contribution in [3.8, 4) is 0 Å². The van der Waals surface area contributed by atoms with Crippen molar-refractivity contribution in [1.82, 2.24) is 0 Å². The maximum atomic E-state index is 10.2. The molecule has 0 saturated carbocycles. The predicted octanol–water partition coefficient (Wildman–Crippen LogP) is 4.27. The van der Waals surface area contributed by atoms with Crippen LogP contribution in [0.2, 0.25) is 0 Å². The predicted molar refractivity (Wildman–Crippen MR) is 82.8 cm³/mol. The maximum Gasteiger partial charge on any atom is 0.307 e. The highest BCUT2D eigenvalue weighted by Gasteiger charge is 1.86. The Hall–Kier alpha value is -1.57. The molecule has 0 spiro atoms. The molecule has 0 fully saturated rings. The minimum atomic E-state index is -0.847. The van der Waals surface area contributed by atoms with Crippen molar-refractivity contribution in [1.29, 1.82) is 0 Å². The van der Waals surface area contributed by atoms with E-state index in [1.807, 2.05) is 0 Å². The van der Waals surface area contributed by atoms with E-state index in [9.17, 15) is 4.79 Å². The van der Waals surface area contributed by atoms with E-state index in [0.717, 1.165) is 12.8 Å². The Morgan fingerprint density at radius 2 is 1.90 bits per heavy atom. The Kier molecular flexibility index (Phi) is 14.3. The van der Waals surface area contributed by atoms with Crippen LogP contribution in [0, 0.1) is 0 Å². The van der Waals surface area contributed by atoms with Gasteiger partial charge in [0.1, 0.15) is 0 Å². The lowest BCUT2D eigenvalue weighted by atomic mass is 10.2. The first-order valence-electron chi connectivity index (χ1n) is 7.26. The molecule has 0 saturated heterocycles. The molecule has 0 unspecified atom stereocenters. The molecular formula is C17H26O3. The Balaban J connectivity index is 3.37. The molecule has 0 aliphatic heterocycles. The number of ether oxygens (including phenoxy) is 1. The number of hydrogen-bond donors (Lipinski definition) is 1. The van der Waals surface area contributed by atoms with Crippen molar-refractivity contribution in [3.05, 3.63) is 42.2 Å². The number of hydrogen-bond acceptors (Lipinski definition) is 2. The lowest BCUT2D eigenvalue weighted by molar-refractivity contribution is -0.135. The summed E-state index contributed by atoms with van der Waals surface area (Å²) in [5.74, 6) is -0.847. The standard InChI is InChI=1S/C17H26O3/c1-2-3-4-5-6-7-8-9-12-15-20-16-13-10-11-14-17(18)19/h5-6,8-9,11,13H,2-4,7,12,14-16H2,1H3,(H,18,19)/b6-5-,9-8-. The van der Waals surface area contributed by atoms with Gasteiger partial charge < -0.3 is 9.84 Å². The second-order valence-corrected chi connectivity index (χ2v) is 4.36. The molecule has 20 heavy (non-hydrogen) atoms. The topological polar surface area (TPSA) is 46.5 Å². The van der Waals surface area contributed by atoms with Crippen LogP contribution in [-0.4, -0.2) is 24.3 Å². The zero-order valence-electron chi connectivity index (χ0n) is 12.4. The van der Waals surface area contributed by atoms with Gasteiger partial charge in [0.25, 0.3) is 0 Å². The molecule has 0 aromatic rings. The van der Waals surface area contributed by atoms with Crippen molar-refractivity contribution in [2.75, 3.05) is 13.2 Å². The summed E-state index contributed by atoms with van der Waals surface area (Å²) in [5.41, 5.74) is 2.77. The third-order valence-electron chi connectivity index (χ3n) is 2.47. The fraction of sp³-hybridized carbons (Fsp3) is 0.529. The highest BCUT2D eigenvalue weighted by Crippen LogP contribution is 1.97. The Morgan fingerprint density at radius 1 is 1.15 bits per heavy atom. The summed E-state index contributed by atoms with van der Waals surface area (Å²) in [4.78, 5) is 10.2. The number of carbonyl (C=O) groups is 1. The molecule has 3 nitrogen and oxygen atoms in total. The number of rotatable bonds is 12. The van der Waals surface area contributed by atoms with Crippen LogP contribution < -0.4 is 0 Å². The summed E-state index contributed by atoms with van der Waals surface area (Å²) in [6.07, 6.45) is 17.5. The monoisotopic (exact) mass is 278 g/mol. The molecule has 0 aliphatic carbocycles. The molecular weight excluding hydrogens is 252 g/mol. The highest BCUT2D eigenvalue weighted by molar-refractivity contribution is 5.68. The van der Waals surface area contributed by atoms with Gasteiger partial charge in [-0.3, -0.25) is 4.79 Å². The van der Waals surface area contributed by atoms with Crippen molar-refractivity contribution < 1.29 is 14.6 Å². The lowest BCUT2D eigenvalue weighted by Crippen LogP contribution is -1.92. The number of carboxylic acid groups (broad SMARTS) is 1. The van der Waals surface area contributed by atoms with Gasteiger partial charge in [0.15, 0.2) is 0 Å². The molecule has 1 N–H and O–H groups in total. The number of allylic oxidation sites excluding steroid dienone is 3. The minimum absolute atomic E-state index is 0.00497. The van der Waals surface area contributed by atoms with E-state index in [4.69, 9.17) is 9.84 Å². The molecule has 0 aromatic carbocycles. The van der Waals surface area contributed by atoms with Gasteiger partial charge in [0.05, 0.1) is 19.6 Å². The lowest BCUT2D eigenvalue weighted by Gasteiger charge is -1.95. The number of carboxylic acids is 1. The van der Waals surface area contributed by atoms with E-state index in [0.29, 0.717) is 13.2 Å². The van der Waals surface area contributed by atoms with Gasteiger partial charge in [-0.25, -0.2) is 0 Å². The van der Waals surface area contributed by atoms with Crippen LogP contribution in [0.4, 0.5) is 0 Å². The fourth-order valence-electron chi connectivity index (χ4n) is 1.40. The van der Waals surface area contributed by atoms with Crippen LogP contribution in [-0.2, 0) is 9.53 Å². The van der Waals surface area contributed by atoms with Crippen LogP contribution in [0.5, 0.6) is 0 Å². The molecule has 112 valence electrons. The number of unbranched alkanes of at least 4 members (excludes halogenated alkanes) is 2. The van der Waals surface area contributed by atoms with E-state index >= 15 is 0 Å². The van der Waals surface area contributed by atoms with E-state index in [-0.39, 0.29) is 6.42 Å². The van der Waals surface area contributed by atoms with E-state index in [2.05, 4.69) is 37.0 Å². The van der Waals surface area contributed by atoms with Gasteiger partial charge in [-0.15, -0.1) is 5.73 Å². The van der Waals surface area contributed by atoms with Crippen LogP contribution in [0.3, 0.4) is 0 Å². The first-order chi connectivity index (χ1) is 9.77. The average molecular weight is 278 g/mol. The zero-order chi connectivity index (χ0) is 14.9. The normalized spacial score (nSPS) is 10.8. The molecule has 0 aliphatic rings. The fourth-order valence-corrected chi connectivity index (χ4v) is 1.40. The van der Waals surface area contributed by atoms with Crippen LogP contribution in [0.1, 0.15) is 45.4 Å². The third-order valence-corrected chi connectivity index (χ3v) is 2.47. The first-order valence-corrected chi connectivity index (χ1v) is 7.26. The van der Waals surface area contributed by atoms with Gasteiger partial charge >= 0.3 is 5.97 Å². The quantitative estimate of drug-likeness (QED) is 0.329.